The number of rotatable bonds is 3. The van der Waals surface area contributed by atoms with E-state index in [1.165, 1.54) is 108 Å². The lowest BCUT2D eigenvalue weighted by Crippen LogP contribution is -2.54. The molecule has 0 aromatic heterocycles. The number of aryl methyl sites for hydroxylation is 2. The molecule has 59 heavy (non-hydrogen) atoms. The third-order valence-corrected chi connectivity index (χ3v) is 15.8. The van der Waals surface area contributed by atoms with Gasteiger partial charge in [0.2, 0.25) is 0 Å². The molecule has 6 aromatic rings. The molecule has 1 aliphatic heterocycles. The number of halogens is 3. The van der Waals surface area contributed by atoms with Gasteiger partial charge in [-0.15, -0.1) is 0 Å². The second-order valence-electron chi connectivity index (χ2n) is 18.7. The zero-order chi connectivity index (χ0) is 41.6. The highest BCUT2D eigenvalue weighted by Crippen LogP contribution is 2.62. The van der Waals surface area contributed by atoms with E-state index in [2.05, 4.69) is 165 Å². The summed E-state index contributed by atoms with van der Waals surface area (Å²) in [6.45, 7) is 14.1. The van der Waals surface area contributed by atoms with Gasteiger partial charge < -0.3 is 4.90 Å². The normalized spacial score (nSPS) is 25.0. The Labute approximate surface area is 372 Å². The van der Waals surface area contributed by atoms with Crippen LogP contribution in [0.3, 0.4) is 0 Å². The van der Waals surface area contributed by atoms with Crippen LogP contribution in [0.2, 0.25) is 10.0 Å². The molecule has 0 N–H and O–H groups in total. The average molecular weight is 884 g/mol. The Balaban J connectivity index is 0.000000140. The summed E-state index contributed by atoms with van der Waals surface area (Å²) in [6, 6.07) is 48.1. The molecule has 304 valence electrons. The monoisotopic (exact) mass is 881 g/mol. The first kappa shape index (κ1) is 41.9. The molecule has 0 radical (unpaired) electrons. The van der Waals surface area contributed by atoms with Crippen molar-refractivity contribution < 1.29 is 0 Å². The second-order valence-corrected chi connectivity index (χ2v) is 20.5. The minimum Gasteiger partial charge on any atom is -0.334 e. The second kappa shape index (κ2) is 16.6. The number of hydrogen-bond acceptors (Lipinski definition) is 1. The first-order valence-corrected chi connectivity index (χ1v) is 23.2. The maximum atomic E-state index is 6.49. The zero-order valence-corrected chi connectivity index (χ0v) is 38.7. The van der Waals surface area contributed by atoms with Crippen molar-refractivity contribution in [1.29, 1.82) is 0 Å². The summed E-state index contributed by atoms with van der Waals surface area (Å²) in [5, 5.41) is 1.59. The van der Waals surface area contributed by atoms with Gasteiger partial charge in [0.1, 0.15) is 0 Å². The smallest absolute Gasteiger partial charge is 0.0517 e. The average Bonchev–Trinajstić information content (AvgIpc) is 3.58. The molecule has 1 heterocycles. The Kier molecular flexibility index (Phi) is 11.8. The summed E-state index contributed by atoms with van der Waals surface area (Å²) in [4.78, 5) is 2.59. The summed E-state index contributed by atoms with van der Waals surface area (Å²) in [5.41, 5.74) is 16.0. The molecule has 4 unspecified atom stereocenters. The molecule has 3 aliphatic carbocycles. The molecule has 2 fully saturated rings. The standard InChI is InChI=1S/C27H28ClN.C21H24.C7H6BrCl/c1-19-15-22(28)18-23(16-19)29-25-12-11-21(20-9-5-4-6-10-20)17-24(25)26(2)13-7-8-14-27(26,29)3;1-20-12-6-7-13-21(20,2)19-14-17(10-11-18(19)15-20)16-8-4-3-5-9-16;1-5-2-6(8)4-7(9)3-5/h4-6,9-12,15-18H,7-8,13-14H2,1-3H3;3-5,8-11,14H,6-7,12-13,15H2,1-2H3;2-4H,1H3. The fourth-order valence-corrected chi connectivity index (χ4v) is 12.6. The SMILES string of the molecule is CC12CCCCC1(C)c1cc(-c3ccccc3)ccc1C2.Cc1cc(Cl)cc(Br)c1.Cc1cc(Cl)cc(N2c3ccc(-c4ccccc4)cc3C3(C)CCCCC23C)c1. The molecular weight excluding hydrogens is 825 g/mol. The predicted octanol–water partition coefficient (Wildman–Crippen LogP) is 17.2. The summed E-state index contributed by atoms with van der Waals surface area (Å²) >= 11 is 15.5. The number of nitrogens with zero attached hydrogens (tertiary/aromatic N) is 1. The van der Waals surface area contributed by atoms with Crippen molar-refractivity contribution in [3.8, 4) is 22.3 Å². The van der Waals surface area contributed by atoms with Gasteiger partial charge >= 0.3 is 0 Å². The molecule has 4 aliphatic rings. The van der Waals surface area contributed by atoms with E-state index in [0.29, 0.717) is 10.8 Å². The summed E-state index contributed by atoms with van der Waals surface area (Å²) < 4.78 is 1.03. The Morgan fingerprint density at radius 3 is 1.66 bits per heavy atom. The van der Waals surface area contributed by atoms with Gasteiger partial charge in [-0.2, -0.15) is 0 Å². The summed E-state index contributed by atoms with van der Waals surface area (Å²) in [5.74, 6) is 0. The highest BCUT2D eigenvalue weighted by Gasteiger charge is 2.58. The predicted molar refractivity (Wildman–Crippen MR) is 258 cm³/mol. The highest BCUT2D eigenvalue weighted by molar-refractivity contribution is 9.10. The van der Waals surface area contributed by atoms with E-state index in [1.54, 1.807) is 11.1 Å². The van der Waals surface area contributed by atoms with Crippen LogP contribution < -0.4 is 4.90 Å². The Morgan fingerprint density at radius 2 is 1.05 bits per heavy atom. The Hall–Kier alpha value is -3.82. The number of fused-ring (bicyclic) bond motifs is 6. The molecule has 4 heteroatoms. The van der Waals surface area contributed by atoms with Crippen LogP contribution in [0, 0.1) is 19.3 Å². The fraction of sp³-hybridized carbons (Fsp3) is 0.345. The number of benzene rings is 6. The minimum absolute atomic E-state index is 0.0556. The fourth-order valence-electron chi connectivity index (χ4n) is 11.3. The maximum absolute atomic E-state index is 6.49. The minimum atomic E-state index is 0.0556. The maximum Gasteiger partial charge on any atom is 0.0517 e. The Bertz CT molecular complexity index is 2390. The van der Waals surface area contributed by atoms with E-state index < -0.39 is 0 Å². The third-order valence-electron chi connectivity index (χ3n) is 14.9. The lowest BCUT2D eigenvalue weighted by atomic mass is 9.58. The van der Waals surface area contributed by atoms with Gasteiger partial charge in [-0.05, 0) is 162 Å². The van der Waals surface area contributed by atoms with Crippen molar-refractivity contribution in [2.24, 2.45) is 5.41 Å². The number of hydrogen-bond donors (Lipinski definition) is 0. The molecule has 1 nitrogen and oxygen atoms in total. The van der Waals surface area contributed by atoms with Crippen molar-refractivity contribution in [2.75, 3.05) is 4.90 Å². The molecule has 0 bridgehead atoms. The van der Waals surface area contributed by atoms with Gasteiger partial charge in [-0.1, -0.05) is 171 Å². The van der Waals surface area contributed by atoms with Crippen molar-refractivity contribution in [3.05, 3.63) is 176 Å². The van der Waals surface area contributed by atoms with Crippen LogP contribution in [0.5, 0.6) is 0 Å². The molecule has 2 saturated carbocycles. The third kappa shape index (κ3) is 7.84. The molecule has 6 aromatic carbocycles. The van der Waals surface area contributed by atoms with Crippen LogP contribution in [-0.2, 0) is 17.3 Å². The lowest BCUT2D eigenvalue weighted by Gasteiger charge is -2.50. The van der Waals surface area contributed by atoms with Crippen molar-refractivity contribution in [2.45, 2.75) is 116 Å². The van der Waals surface area contributed by atoms with Crippen LogP contribution in [0.15, 0.2) is 138 Å². The Morgan fingerprint density at radius 1 is 0.508 bits per heavy atom. The van der Waals surface area contributed by atoms with E-state index in [0.717, 1.165) is 14.5 Å². The van der Waals surface area contributed by atoms with E-state index in [-0.39, 0.29) is 11.0 Å². The van der Waals surface area contributed by atoms with Gasteiger partial charge in [0.15, 0.2) is 0 Å². The van der Waals surface area contributed by atoms with E-state index in [9.17, 15) is 0 Å². The van der Waals surface area contributed by atoms with E-state index >= 15 is 0 Å². The molecule has 0 amide bonds. The van der Waals surface area contributed by atoms with Crippen molar-refractivity contribution >= 4 is 50.5 Å². The van der Waals surface area contributed by atoms with Gasteiger partial charge in [0.25, 0.3) is 0 Å². The van der Waals surface area contributed by atoms with E-state index in [4.69, 9.17) is 23.2 Å². The highest BCUT2D eigenvalue weighted by atomic mass is 79.9. The van der Waals surface area contributed by atoms with Crippen molar-refractivity contribution in [3.63, 3.8) is 0 Å². The van der Waals surface area contributed by atoms with Crippen LogP contribution in [-0.4, -0.2) is 5.54 Å². The first-order chi connectivity index (χ1) is 28.2. The molecule has 4 atom stereocenters. The molecular formula is C55H58BrCl2N. The van der Waals surface area contributed by atoms with Crippen LogP contribution in [0.25, 0.3) is 22.3 Å². The molecule has 10 rings (SSSR count). The van der Waals surface area contributed by atoms with Gasteiger partial charge in [-0.3, -0.25) is 0 Å². The molecule has 0 spiro atoms. The molecule has 0 saturated heterocycles. The summed E-state index contributed by atoms with van der Waals surface area (Å²) in [6.07, 6.45) is 11.8. The largest absolute Gasteiger partial charge is 0.334 e. The zero-order valence-electron chi connectivity index (χ0n) is 35.6. The van der Waals surface area contributed by atoms with Crippen molar-refractivity contribution in [1.82, 2.24) is 0 Å². The van der Waals surface area contributed by atoms with Gasteiger partial charge in [0, 0.05) is 31.3 Å². The van der Waals surface area contributed by atoms with Crippen LogP contribution in [0.1, 0.15) is 107 Å². The topological polar surface area (TPSA) is 3.24 Å². The van der Waals surface area contributed by atoms with Gasteiger partial charge in [-0.25, -0.2) is 0 Å². The first-order valence-electron chi connectivity index (χ1n) is 21.6. The van der Waals surface area contributed by atoms with Crippen LogP contribution >= 0.6 is 39.1 Å². The quantitative estimate of drug-likeness (QED) is 0.171. The van der Waals surface area contributed by atoms with Crippen LogP contribution in [0.4, 0.5) is 11.4 Å². The van der Waals surface area contributed by atoms with E-state index in [1.807, 2.05) is 31.2 Å². The van der Waals surface area contributed by atoms with Gasteiger partial charge in [0.05, 0.1) is 5.54 Å². The number of anilines is 2. The lowest BCUT2D eigenvalue weighted by molar-refractivity contribution is 0.110. The summed E-state index contributed by atoms with van der Waals surface area (Å²) in [7, 11) is 0.